The molecule has 2 saturated heterocycles. The lowest BCUT2D eigenvalue weighted by atomic mass is 9.96. The normalized spacial score (nSPS) is 21.6. The number of nitrogens with one attached hydrogen (secondary N) is 1. The molecule has 1 N–H and O–H groups in total. The maximum Gasteiger partial charge on any atom is 0.269 e. The predicted molar refractivity (Wildman–Crippen MR) is 97.6 cm³/mol. The number of pyridine rings is 1. The van der Waals surface area contributed by atoms with E-state index in [0.717, 1.165) is 51.1 Å². The van der Waals surface area contributed by atoms with Crippen LogP contribution < -0.4 is 10.2 Å². The lowest BCUT2D eigenvalue weighted by Crippen LogP contribution is -2.45. The lowest BCUT2D eigenvalue weighted by molar-refractivity contribution is -0.135. The maximum absolute atomic E-state index is 12.9. The van der Waals surface area contributed by atoms with Gasteiger partial charge in [0.1, 0.15) is 11.5 Å². The average Bonchev–Trinajstić information content (AvgIpc) is 2.96. The van der Waals surface area contributed by atoms with Gasteiger partial charge >= 0.3 is 0 Å². The van der Waals surface area contributed by atoms with Gasteiger partial charge in [0.05, 0.1) is 5.92 Å². The zero-order valence-electron chi connectivity index (χ0n) is 15.0. The van der Waals surface area contributed by atoms with Crippen molar-refractivity contribution in [1.29, 1.82) is 0 Å². The monoisotopic (exact) mass is 344 g/mol. The summed E-state index contributed by atoms with van der Waals surface area (Å²) >= 11 is 0. The second-order valence-corrected chi connectivity index (χ2v) is 6.98. The van der Waals surface area contributed by atoms with Gasteiger partial charge in [-0.1, -0.05) is 18.9 Å². The lowest BCUT2D eigenvalue weighted by Gasteiger charge is -2.35. The van der Waals surface area contributed by atoms with E-state index < -0.39 is 0 Å². The smallest absolute Gasteiger partial charge is 0.269 e. The van der Waals surface area contributed by atoms with Gasteiger partial charge in [-0.2, -0.15) is 0 Å². The van der Waals surface area contributed by atoms with Crippen molar-refractivity contribution in [1.82, 2.24) is 15.2 Å². The molecule has 3 rings (SSSR count). The minimum absolute atomic E-state index is 0.0392. The molecule has 0 spiro atoms. The van der Waals surface area contributed by atoms with Crippen LogP contribution in [0.25, 0.3) is 0 Å². The SMILES string of the molecule is CNC(=O)c1cccc(N2CCCC(C(=O)N3CCCCCC3)C2)n1. The van der Waals surface area contributed by atoms with Crippen LogP contribution in [-0.4, -0.2) is 54.9 Å². The fraction of sp³-hybridized carbons (Fsp3) is 0.632. The van der Waals surface area contributed by atoms with E-state index in [0.29, 0.717) is 18.1 Å². The molecule has 1 atom stereocenters. The minimum atomic E-state index is -0.184. The number of rotatable bonds is 3. The fourth-order valence-electron chi connectivity index (χ4n) is 3.79. The zero-order valence-corrected chi connectivity index (χ0v) is 15.0. The van der Waals surface area contributed by atoms with Gasteiger partial charge in [0.2, 0.25) is 5.91 Å². The van der Waals surface area contributed by atoms with Crippen molar-refractivity contribution in [3.63, 3.8) is 0 Å². The summed E-state index contributed by atoms with van der Waals surface area (Å²) in [5, 5.41) is 2.61. The van der Waals surface area contributed by atoms with E-state index in [9.17, 15) is 9.59 Å². The quantitative estimate of drug-likeness (QED) is 0.911. The van der Waals surface area contributed by atoms with E-state index in [1.165, 1.54) is 12.8 Å². The molecular formula is C19H28N4O2. The topological polar surface area (TPSA) is 65.5 Å². The van der Waals surface area contributed by atoms with Gasteiger partial charge < -0.3 is 15.1 Å². The Morgan fingerprint density at radius 2 is 1.84 bits per heavy atom. The van der Waals surface area contributed by atoms with Crippen molar-refractivity contribution >= 4 is 17.6 Å². The van der Waals surface area contributed by atoms with Crippen molar-refractivity contribution in [2.45, 2.75) is 38.5 Å². The third-order valence-electron chi connectivity index (χ3n) is 5.21. The molecule has 0 aliphatic carbocycles. The standard InChI is InChI=1S/C19H28N4O2/c1-20-18(24)16-9-6-10-17(21-16)23-13-7-8-15(14-23)19(25)22-11-4-2-3-5-12-22/h6,9-10,15H,2-5,7-8,11-14H2,1H3,(H,20,24). The van der Waals surface area contributed by atoms with E-state index in [1.807, 2.05) is 12.1 Å². The van der Waals surface area contributed by atoms with E-state index in [-0.39, 0.29) is 11.8 Å². The molecule has 1 aromatic heterocycles. The van der Waals surface area contributed by atoms with Crippen molar-refractivity contribution in [3.8, 4) is 0 Å². The van der Waals surface area contributed by atoms with Crippen LogP contribution >= 0.6 is 0 Å². The molecule has 0 radical (unpaired) electrons. The molecule has 1 unspecified atom stereocenters. The number of carbonyl (C=O) groups excluding carboxylic acids is 2. The van der Waals surface area contributed by atoms with Gasteiger partial charge in [0.25, 0.3) is 5.91 Å². The number of likely N-dealkylation sites (tertiary alicyclic amines) is 1. The summed E-state index contributed by atoms with van der Waals surface area (Å²) in [6.07, 6.45) is 6.64. The molecule has 136 valence electrons. The minimum Gasteiger partial charge on any atom is -0.356 e. The number of anilines is 1. The number of nitrogens with zero attached hydrogens (tertiary/aromatic N) is 3. The average molecular weight is 344 g/mol. The van der Waals surface area contributed by atoms with Gasteiger partial charge in [-0.3, -0.25) is 9.59 Å². The molecule has 1 aromatic rings. The Bertz CT molecular complexity index is 611. The molecule has 3 heterocycles. The Balaban J connectivity index is 1.68. The Hall–Kier alpha value is -2.11. The molecule has 2 aliphatic heterocycles. The van der Waals surface area contributed by atoms with Crippen LogP contribution in [0.4, 0.5) is 5.82 Å². The first-order valence-corrected chi connectivity index (χ1v) is 9.42. The Morgan fingerprint density at radius 3 is 2.56 bits per heavy atom. The van der Waals surface area contributed by atoms with Gasteiger partial charge in [-0.25, -0.2) is 4.98 Å². The number of hydrogen-bond acceptors (Lipinski definition) is 4. The van der Waals surface area contributed by atoms with E-state index in [2.05, 4.69) is 20.1 Å². The first kappa shape index (κ1) is 17.7. The summed E-state index contributed by atoms with van der Waals surface area (Å²) in [5.74, 6) is 0.942. The zero-order chi connectivity index (χ0) is 17.6. The second-order valence-electron chi connectivity index (χ2n) is 6.98. The second kappa shape index (κ2) is 8.32. The van der Waals surface area contributed by atoms with E-state index >= 15 is 0 Å². The van der Waals surface area contributed by atoms with Crippen molar-refractivity contribution < 1.29 is 9.59 Å². The van der Waals surface area contributed by atoms with Gasteiger partial charge in [0.15, 0.2) is 0 Å². The molecule has 0 bridgehead atoms. The highest BCUT2D eigenvalue weighted by Gasteiger charge is 2.30. The summed E-state index contributed by atoms with van der Waals surface area (Å²) in [4.78, 5) is 33.4. The molecule has 2 amide bonds. The van der Waals surface area contributed by atoms with Crippen LogP contribution in [0.3, 0.4) is 0 Å². The van der Waals surface area contributed by atoms with E-state index in [1.54, 1.807) is 13.1 Å². The van der Waals surface area contributed by atoms with Crippen LogP contribution in [-0.2, 0) is 4.79 Å². The van der Waals surface area contributed by atoms with E-state index in [4.69, 9.17) is 0 Å². The molecule has 6 nitrogen and oxygen atoms in total. The third-order valence-corrected chi connectivity index (χ3v) is 5.21. The largest absolute Gasteiger partial charge is 0.356 e. The predicted octanol–water partition coefficient (Wildman–Crippen LogP) is 2.06. The number of carbonyl (C=O) groups is 2. The van der Waals surface area contributed by atoms with Crippen molar-refractivity contribution in [2.75, 3.05) is 38.1 Å². The molecule has 2 aliphatic rings. The highest BCUT2D eigenvalue weighted by Crippen LogP contribution is 2.24. The number of aromatic nitrogens is 1. The summed E-state index contributed by atoms with van der Waals surface area (Å²) in [7, 11) is 1.60. The van der Waals surface area contributed by atoms with Crippen LogP contribution in [0.1, 0.15) is 49.0 Å². The Morgan fingerprint density at radius 1 is 1.08 bits per heavy atom. The van der Waals surface area contributed by atoms with Crippen LogP contribution in [0.2, 0.25) is 0 Å². The van der Waals surface area contributed by atoms with Crippen molar-refractivity contribution in [3.05, 3.63) is 23.9 Å². The van der Waals surface area contributed by atoms with Crippen LogP contribution in [0.15, 0.2) is 18.2 Å². The first-order chi connectivity index (χ1) is 12.2. The molecule has 0 aromatic carbocycles. The molecule has 2 fully saturated rings. The third kappa shape index (κ3) is 4.30. The van der Waals surface area contributed by atoms with Gasteiger partial charge in [0, 0.05) is 33.2 Å². The van der Waals surface area contributed by atoms with Crippen LogP contribution in [0, 0.1) is 5.92 Å². The van der Waals surface area contributed by atoms with Crippen LogP contribution in [0.5, 0.6) is 0 Å². The highest BCUT2D eigenvalue weighted by atomic mass is 16.2. The molecule has 6 heteroatoms. The Labute approximate surface area is 149 Å². The molecule has 25 heavy (non-hydrogen) atoms. The van der Waals surface area contributed by atoms with Gasteiger partial charge in [-0.05, 0) is 37.8 Å². The highest BCUT2D eigenvalue weighted by molar-refractivity contribution is 5.92. The number of piperidine rings is 1. The van der Waals surface area contributed by atoms with Crippen molar-refractivity contribution in [2.24, 2.45) is 5.92 Å². The molecular weight excluding hydrogens is 316 g/mol. The summed E-state index contributed by atoms with van der Waals surface area (Å²) < 4.78 is 0. The summed E-state index contributed by atoms with van der Waals surface area (Å²) in [6.45, 7) is 3.38. The summed E-state index contributed by atoms with van der Waals surface area (Å²) in [6, 6.07) is 5.49. The summed E-state index contributed by atoms with van der Waals surface area (Å²) in [5.41, 5.74) is 0.418. The Kier molecular flexibility index (Phi) is 5.89. The van der Waals surface area contributed by atoms with Gasteiger partial charge in [-0.15, -0.1) is 0 Å². The number of amides is 2. The fourth-order valence-corrected chi connectivity index (χ4v) is 3.79. The molecule has 0 saturated carbocycles. The number of hydrogen-bond donors (Lipinski definition) is 1. The maximum atomic E-state index is 12.9. The first-order valence-electron chi connectivity index (χ1n) is 9.42.